The van der Waals surface area contributed by atoms with Crippen molar-refractivity contribution in [2.45, 2.75) is 33.4 Å². The van der Waals surface area contributed by atoms with Crippen LogP contribution in [-0.2, 0) is 11.3 Å². The molecule has 0 aliphatic carbocycles. The molecule has 1 atom stereocenters. The number of hydrogen-bond acceptors (Lipinski definition) is 4. The Morgan fingerprint density at radius 1 is 1.20 bits per heavy atom. The van der Waals surface area contributed by atoms with Gasteiger partial charge in [-0.3, -0.25) is 4.79 Å². The Hall–Kier alpha value is -3.55. The third-order valence-electron chi connectivity index (χ3n) is 5.02. The molecule has 3 heterocycles. The predicted molar refractivity (Wildman–Crippen MR) is 112 cm³/mol. The van der Waals surface area contributed by atoms with Crippen molar-refractivity contribution in [3.05, 3.63) is 66.1 Å². The van der Waals surface area contributed by atoms with Gasteiger partial charge in [0.15, 0.2) is 0 Å². The summed E-state index contributed by atoms with van der Waals surface area (Å²) >= 11 is 0. The van der Waals surface area contributed by atoms with E-state index in [1.54, 1.807) is 18.3 Å². The molecular weight excluding hydrogens is 383 g/mol. The van der Waals surface area contributed by atoms with E-state index in [9.17, 15) is 9.18 Å². The van der Waals surface area contributed by atoms with Crippen molar-refractivity contribution in [1.29, 1.82) is 0 Å². The normalized spacial score (nSPS) is 12.3. The lowest BCUT2D eigenvalue weighted by atomic mass is 10.1. The highest BCUT2D eigenvalue weighted by Crippen LogP contribution is 2.27. The van der Waals surface area contributed by atoms with E-state index in [2.05, 4.69) is 20.4 Å². The van der Waals surface area contributed by atoms with E-state index in [-0.39, 0.29) is 24.3 Å². The summed E-state index contributed by atoms with van der Waals surface area (Å²) in [5.41, 5.74) is 2.35. The third kappa shape index (κ3) is 3.94. The molecular formula is C22H23FN6O. The summed E-state index contributed by atoms with van der Waals surface area (Å²) in [7, 11) is 0. The molecule has 4 rings (SSSR count). The van der Waals surface area contributed by atoms with Gasteiger partial charge in [-0.1, -0.05) is 0 Å². The predicted octanol–water partition coefficient (Wildman–Crippen LogP) is 3.43. The van der Waals surface area contributed by atoms with Gasteiger partial charge in [-0.15, -0.1) is 0 Å². The lowest BCUT2D eigenvalue weighted by Crippen LogP contribution is -2.33. The molecule has 1 unspecified atom stereocenters. The largest absolute Gasteiger partial charge is 0.352 e. The fourth-order valence-electron chi connectivity index (χ4n) is 3.61. The summed E-state index contributed by atoms with van der Waals surface area (Å²) < 4.78 is 17.0. The van der Waals surface area contributed by atoms with Crippen molar-refractivity contribution in [3.8, 4) is 11.3 Å². The first-order valence-corrected chi connectivity index (χ1v) is 9.79. The van der Waals surface area contributed by atoms with Gasteiger partial charge >= 0.3 is 0 Å². The number of nitrogens with zero attached hydrogens (tertiary/aromatic N) is 5. The van der Waals surface area contributed by atoms with Crippen LogP contribution in [0.4, 0.5) is 4.39 Å². The summed E-state index contributed by atoms with van der Waals surface area (Å²) in [5.74, 6) is 1.08. The average molecular weight is 406 g/mol. The van der Waals surface area contributed by atoms with Crippen LogP contribution in [0.1, 0.15) is 24.6 Å². The van der Waals surface area contributed by atoms with Gasteiger partial charge in [-0.2, -0.15) is 5.10 Å². The fourth-order valence-corrected chi connectivity index (χ4v) is 3.61. The van der Waals surface area contributed by atoms with Crippen molar-refractivity contribution in [2.24, 2.45) is 0 Å². The Labute approximate surface area is 173 Å². The maximum atomic E-state index is 13.4. The number of halogens is 1. The number of aryl methyl sites for hydroxylation is 2. The second-order valence-electron chi connectivity index (χ2n) is 7.34. The molecule has 0 radical (unpaired) electrons. The first-order chi connectivity index (χ1) is 14.4. The number of amides is 1. The molecule has 1 amide bonds. The van der Waals surface area contributed by atoms with Gasteiger partial charge in [-0.25, -0.2) is 19.0 Å². The van der Waals surface area contributed by atoms with E-state index >= 15 is 0 Å². The van der Waals surface area contributed by atoms with Gasteiger partial charge in [0.05, 0.1) is 11.7 Å². The highest BCUT2D eigenvalue weighted by atomic mass is 19.1. The Morgan fingerprint density at radius 3 is 2.67 bits per heavy atom. The number of hydrogen-bond donors (Lipinski definition) is 1. The molecule has 0 saturated heterocycles. The molecule has 7 nitrogen and oxygen atoms in total. The van der Waals surface area contributed by atoms with Crippen molar-refractivity contribution >= 4 is 16.9 Å². The number of carbonyl (C=O) groups is 1. The number of nitrogens with one attached hydrogen (secondary N) is 1. The highest BCUT2D eigenvalue weighted by Gasteiger charge is 2.16. The van der Waals surface area contributed by atoms with Gasteiger partial charge in [-0.05, 0) is 68.8 Å². The van der Waals surface area contributed by atoms with Crippen molar-refractivity contribution < 1.29 is 9.18 Å². The van der Waals surface area contributed by atoms with Crippen LogP contribution in [0.5, 0.6) is 0 Å². The second-order valence-corrected chi connectivity index (χ2v) is 7.34. The van der Waals surface area contributed by atoms with E-state index < -0.39 is 0 Å². The minimum absolute atomic E-state index is 0.0220. The van der Waals surface area contributed by atoms with E-state index in [1.807, 2.05) is 48.2 Å². The summed E-state index contributed by atoms with van der Waals surface area (Å²) in [6.07, 6.45) is 1.70. The monoisotopic (exact) mass is 406 g/mol. The Bertz CT molecular complexity index is 1190. The Balaban J connectivity index is 1.55. The molecule has 4 aromatic rings. The second kappa shape index (κ2) is 8.06. The summed E-state index contributed by atoms with van der Waals surface area (Å²) in [5, 5.41) is 8.27. The lowest BCUT2D eigenvalue weighted by Gasteiger charge is -2.15. The number of carbonyl (C=O) groups excluding carboxylic acids is 1. The Morgan fingerprint density at radius 2 is 1.97 bits per heavy atom. The first-order valence-electron chi connectivity index (χ1n) is 9.79. The van der Waals surface area contributed by atoms with Gasteiger partial charge < -0.3 is 9.88 Å². The highest BCUT2D eigenvalue weighted by molar-refractivity contribution is 5.87. The Kier molecular flexibility index (Phi) is 5.31. The number of fused-ring (bicyclic) bond motifs is 1. The van der Waals surface area contributed by atoms with Crippen molar-refractivity contribution in [1.82, 2.24) is 29.6 Å². The molecule has 0 aliphatic rings. The maximum absolute atomic E-state index is 13.4. The van der Waals surface area contributed by atoms with Crippen molar-refractivity contribution in [3.63, 3.8) is 0 Å². The first kappa shape index (κ1) is 19.8. The summed E-state index contributed by atoms with van der Waals surface area (Å²) in [6, 6.07) is 12.0. The number of aromatic nitrogens is 5. The quantitative estimate of drug-likeness (QED) is 0.532. The molecule has 3 aromatic heterocycles. The van der Waals surface area contributed by atoms with Crippen LogP contribution >= 0.6 is 0 Å². The minimum Gasteiger partial charge on any atom is -0.352 e. The number of benzene rings is 1. The molecule has 0 spiro atoms. The van der Waals surface area contributed by atoms with E-state index in [4.69, 9.17) is 0 Å². The van der Waals surface area contributed by atoms with E-state index in [0.717, 1.165) is 22.5 Å². The topological polar surface area (TPSA) is 77.6 Å². The zero-order valence-electron chi connectivity index (χ0n) is 17.1. The smallest absolute Gasteiger partial charge is 0.240 e. The molecule has 0 fully saturated rings. The van der Waals surface area contributed by atoms with Crippen molar-refractivity contribution in [2.75, 3.05) is 6.54 Å². The van der Waals surface area contributed by atoms with Crippen LogP contribution in [0.25, 0.3) is 22.3 Å². The van der Waals surface area contributed by atoms with Crippen LogP contribution < -0.4 is 5.32 Å². The number of rotatable bonds is 6. The van der Waals surface area contributed by atoms with Crippen LogP contribution in [0.15, 0.2) is 48.7 Å². The van der Waals surface area contributed by atoms with Gasteiger partial charge in [0.2, 0.25) is 5.91 Å². The zero-order chi connectivity index (χ0) is 21.3. The standard InChI is InChI=1S/C22H23FN6O/c1-14(29-16(3)26-15(2)27-29)12-25-21(30)13-28-20(17-6-8-19(23)9-7-17)11-18-5-4-10-24-22(18)28/h4-11,14H,12-13H2,1-3H3,(H,25,30). The van der Waals surface area contributed by atoms with E-state index in [0.29, 0.717) is 18.0 Å². The molecule has 1 aromatic carbocycles. The summed E-state index contributed by atoms with van der Waals surface area (Å²) in [6.45, 7) is 6.26. The molecule has 1 N–H and O–H groups in total. The molecule has 0 saturated carbocycles. The van der Waals surface area contributed by atoms with Crippen LogP contribution in [-0.4, -0.2) is 36.8 Å². The summed E-state index contributed by atoms with van der Waals surface area (Å²) in [4.78, 5) is 21.5. The third-order valence-corrected chi connectivity index (χ3v) is 5.02. The maximum Gasteiger partial charge on any atom is 0.240 e. The number of pyridine rings is 1. The SMILES string of the molecule is Cc1nc(C)n(C(C)CNC(=O)Cn2c(-c3ccc(F)cc3)cc3cccnc32)n1. The molecule has 0 aliphatic heterocycles. The molecule has 8 heteroatoms. The van der Waals surface area contributed by atoms with Crippen LogP contribution in [0.2, 0.25) is 0 Å². The minimum atomic E-state index is -0.301. The van der Waals surface area contributed by atoms with Crippen LogP contribution in [0.3, 0.4) is 0 Å². The molecule has 0 bridgehead atoms. The fraction of sp³-hybridized carbons (Fsp3) is 0.273. The zero-order valence-corrected chi connectivity index (χ0v) is 17.1. The van der Waals surface area contributed by atoms with Gasteiger partial charge in [0.25, 0.3) is 0 Å². The average Bonchev–Trinajstić information content (AvgIpc) is 3.26. The lowest BCUT2D eigenvalue weighted by molar-refractivity contribution is -0.121. The van der Waals surface area contributed by atoms with E-state index in [1.165, 1.54) is 12.1 Å². The van der Waals surface area contributed by atoms with Gasteiger partial charge in [0, 0.05) is 18.1 Å². The molecule has 30 heavy (non-hydrogen) atoms. The van der Waals surface area contributed by atoms with Gasteiger partial charge in [0.1, 0.15) is 29.7 Å². The van der Waals surface area contributed by atoms with Crippen LogP contribution in [0, 0.1) is 19.7 Å². The molecule has 154 valence electrons.